The van der Waals surface area contributed by atoms with Crippen molar-refractivity contribution in [1.82, 2.24) is 5.32 Å². The molecular formula is C6H9F2NO2. The van der Waals surface area contributed by atoms with Gasteiger partial charge >= 0.3 is 6.09 Å². The van der Waals surface area contributed by atoms with E-state index in [4.69, 9.17) is 5.11 Å². The van der Waals surface area contributed by atoms with E-state index < -0.39 is 18.1 Å². The molecule has 0 aliphatic heterocycles. The molecule has 0 radical (unpaired) electrons. The van der Waals surface area contributed by atoms with Crippen LogP contribution < -0.4 is 5.32 Å². The van der Waals surface area contributed by atoms with Crippen LogP contribution in [0.5, 0.6) is 0 Å². The van der Waals surface area contributed by atoms with Crippen molar-refractivity contribution in [2.24, 2.45) is 0 Å². The average Bonchev–Trinajstić information content (AvgIpc) is 2.43. The van der Waals surface area contributed by atoms with Crippen molar-refractivity contribution < 1.29 is 18.7 Å². The number of carbonyl (C=O) groups is 1. The minimum Gasteiger partial charge on any atom is -0.465 e. The quantitative estimate of drug-likeness (QED) is 0.664. The Morgan fingerprint density at radius 2 is 2.18 bits per heavy atom. The van der Waals surface area contributed by atoms with Crippen LogP contribution in [0.25, 0.3) is 0 Å². The van der Waals surface area contributed by atoms with Crippen LogP contribution in [0.3, 0.4) is 0 Å². The number of nitrogens with one attached hydrogen (secondary N) is 1. The zero-order valence-electron chi connectivity index (χ0n) is 5.81. The fourth-order valence-corrected chi connectivity index (χ4v) is 1.05. The number of rotatable bonds is 3. The van der Waals surface area contributed by atoms with Gasteiger partial charge in [0.15, 0.2) is 0 Å². The first-order valence-corrected chi connectivity index (χ1v) is 3.33. The van der Waals surface area contributed by atoms with Gasteiger partial charge in [-0.15, -0.1) is 0 Å². The Morgan fingerprint density at radius 3 is 2.45 bits per heavy atom. The van der Waals surface area contributed by atoms with E-state index in [9.17, 15) is 13.6 Å². The molecule has 0 bridgehead atoms. The molecule has 64 valence electrons. The van der Waals surface area contributed by atoms with Crippen molar-refractivity contribution in [3.63, 3.8) is 0 Å². The molecule has 0 spiro atoms. The van der Waals surface area contributed by atoms with E-state index in [-0.39, 0.29) is 6.42 Å². The summed E-state index contributed by atoms with van der Waals surface area (Å²) < 4.78 is 23.6. The summed E-state index contributed by atoms with van der Waals surface area (Å²) >= 11 is 0. The van der Waals surface area contributed by atoms with Crippen LogP contribution in [-0.4, -0.2) is 23.2 Å². The minimum absolute atomic E-state index is 0.362. The van der Waals surface area contributed by atoms with Crippen LogP contribution in [0.1, 0.15) is 19.3 Å². The summed E-state index contributed by atoms with van der Waals surface area (Å²) in [5.74, 6) is 0. The molecule has 11 heavy (non-hydrogen) atoms. The lowest BCUT2D eigenvalue weighted by molar-refractivity contribution is 0.115. The van der Waals surface area contributed by atoms with Crippen LogP contribution in [0.2, 0.25) is 0 Å². The Balaban J connectivity index is 2.35. The van der Waals surface area contributed by atoms with Gasteiger partial charge < -0.3 is 10.4 Å². The highest BCUT2D eigenvalue weighted by molar-refractivity contribution is 5.66. The van der Waals surface area contributed by atoms with E-state index in [1.807, 2.05) is 0 Å². The van der Waals surface area contributed by atoms with Gasteiger partial charge in [0.2, 0.25) is 6.43 Å². The van der Waals surface area contributed by atoms with E-state index in [1.54, 1.807) is 0 Å². The van der Waals surface area contributed by atoms with Gasteiger partial charge in [0.25, 0.3) is 0 Å². The van der Waals surface area contributed by atoms with Crippen molar-refractivity contribution >= 4 is 6.09 Å². The molecule has 1 saturated carbocycles. The van der Waals surface area contributed by atoms with Gasteiger partial charge in [-0.2, -0.15) is 0 Å². The third-order valence-electron chi connectivity index (χ3n) is 1.77. The van der Waals surface area contributed by atoms with Gasteiger partial charge in [0, 0.05) is 12.0 Å². The molecule has 1 rings (SSSR count). The van der Waals surface area contributed by atoms with Gasteiger partial charge in [-0.1, -0.05) is 0 Å². The zero-order chi connectivity index (χ0) is 8.48. The van der Waals surface area contributed by atoms with Gasteiger partial charge in [-0.05, 0) is 12.8 Å². The first-order chi connectivity index (χ1) is 5.04. The molecule has 2 N–H and O–H groups in total. The number of carboxylic acid groups (broad SMARTS) is 1. The van der Waals surface area contributed by atoms with E-state index >= 15 is 0 Å². The van der Waals surface area contributed by atoms with Gasteiger partial charge in [0.05, 0.1) is 0 Å². The van der Waals surface area contributed by atoms with Crippen LogP contribution in [0, 0.1) is 0 Å². The topological polar surface area (TPSA) is 49.3 Å². The fraction of sp³-hybridized carbons (Fsp3) is 0.833. The second-order valence-corrected chi connectivity index (χ2v) is 2.81. The molecule has 0 aromatic heterocycles. The second kappa shape index (κ2) is 2.64. The summed E-state index contributed by atoms with van der Waals surface area (Å²) in [5.41, 5.74) is -0.806. The average molecular weight is 165 g/mol. The SMILES string of the molecule is O=C(O)NC1(CC(F)F)CC1. The molecule has 0 saturated heterocycles. The largest absolute Gasteiger partial charge is 0.465 e. The Morgan fingerprint density at radius 1 is 1.64 bits per heavy atom. The molecule has 0 atom stereocenters. The number of amides is 1. The van der Waals surface area contributed by atoms with Crippen molar-refractivity contribution in [2.75, 3.05) is 0 Å². The maximum atomic E-state index is 11.8. The zero-order valence-corrected chi connectivity index (χ0v) is 5.81. The molecule has 1 amide bonds. The molecule has 0 aromatic carbocycles. The highest BCUT2D eigenvalue weighted by atomic mass is 19.3. The molecule has 0 aromatic rings. The lowest BCUT2D eigenvalue weighted by Crippen LogP contribution is -2.37. The first kappa shape index (κ1) is 8.23. The molecule has 0 heterocycles. The van der Waals surface area contributed by atoms with Gasteiger partial charge in [-0.25, -0.2) is 13.6 Å². The predicted octanol–water partition coefficient (Wildman–Crippen LogP) is 1.44. The molecule has 5 heteroatoms. The Bertz CT molecular complexity index is 168. The van der Waals surface area contributed by atoms with E-state index in [0.717, 1.165) is 0 Å². The summed E-state index contributed by atoms with van der Waals surface area (Å²) in [7, 11) is 0. The van der Waals surface area contributed by atoms with Crippen LogP contribution in [-0.2, 0) is 0 Å². The summed E-state index contributed by atoms with van der Waals surface area (Å²) in [5, 5.41) is 10.3. The van der Waals surface area contributed by atoms with E-state index in [1.165, 1.54) is 0 Å². The fourth-order valence-electron chi connectivity index (χ4n) is 1.05. The maximum absolute atomic E-state index is 11.8. The molecular weight excluding hydrogens is 156 g/mol. The summed E-state index contributed by atoms with van der Waals surface area (Å²) in [6.45, 7) is 0. The maximum Gasteiger partial charge on any atom is 0.405 e. The van der Waals surface area contributed by atoms with Gasteiger partial charge in [-0.3, -0.25) is 0 Å². The predicted molar refractivity (Wildman–Crippen MR) is 33.7 cm³/mol. The van der Waals surface area contributed by atoms with Crippen molar-refractivity contribution in [1.29, 1.82) is 0 Å². The van der Waals surface area contributed by atoms with E-state index in [0.29, 0.717) is 12.8 Å². The third kappa shape index (κ3) is 2.32. The lowest BCUT2D eigenvalue weighted by Gasteiger charge is -2.13. The minimum atomic E-state index is -2.43. The number of hydrogen-bond acceptors (Lipinski definition) is 1. The van der Waals surface area contributed by atoms with Crippen molar-refractivity contribution in [2.45, 2.75) is 31.2 Å². The molecule has 1 fully saturated rings. The smallest absolute Gasteiger partial charge is 0.405 e. The van der Waals surface area contributed by atoms with E-state index in [2.05, 4.69) is 5.32 Å². The van der Waals surface area contributed by atoms with Crippen molar-refractivity contribution in [3.05, 3.63) is 0 Å². The second-order valence-electron chi connectivity index (χ2n) is 2.81. The molecule has 3 nitrogen and oxygen atoms in total. The number of alkyl halides is 2. The summed E-state index contributed by atoms with van der Waals surface area (Å²) in [6.07, 6.45) is -2.94. The normalized spacial score (nSPS) is 19.9. The first-order valence-electron chi connectivity index (χ1n) is 3.33. The number of halogens is 2. The lowest BCUT2D eigenvalue weighted by atomic mass is 10.2. The Kier molecular flexibility index (Phi) is 1.97. The highest BCUT2D eigenvalue weighted by Gasteiger charge is 2.46. The molecule has 1 aliphatic carbocycles. The van der Waals surface area contributed by atoms with Gasteiger partial charge in [0.1, 0.15) is 0 Å². The van der Waals surface area contributed by atoms with Crippen molar-refractivity contribution in [3.8, 4) is 0 Å². The van der Waals surface area contributed by atoms with Crippen LogP contribution in [0.15, 0.2) is 0 Å². The Labute approximate surface area is 62.4 Å². The highest BCUT2D eigenvalue weighted by Crippen LogP contribution is 2.40. The summed E-state index contributed by atoms with van der Waals surface area (Å²) in [4.78, 5) is 10.1. The number of hydrogen-bond donors (Lipinski definition) is 2. The molecule has 0 unspecified atom stereocenters. The monoisotopic (exact) mass is 165 g/mol. The van der Waals surface area contributed by atoms with Crippen LogP contribution in [0.4, 0.5) is 13.6 Å². The third-order valence-corrected chi connectivity index (χ3v) is 1.77. The molecule has 1 aliphatic rings. The summed E-state index contributed by atoms with van der Waals surface area (Å²) in [6, 6.07) is 0. The standard InChI is InChI=1S/C6H9F2NO2/c7-4(8)3-6(1-2-6)9-5(10)11/h4,9H,1-3H2,(H,10,11). The van der Waals surface area contributed by atoms with Crippen LogP contribution >= 0.6 is 0 Å². The Hall–Kier alpha value is -0.870.